The molecule has 0 amide bonds. The van der Waals surface area contributed by atoms with Crippen molar-refractivity contribution in [1.82, 2.24) is 15.5 Å². The molecule has 2 aromatic rings. The van der Waals surface area contributed by atoms with Gasteiger partial charge in [0.15, 0.2) is 5.76 Å². The fourth-order valence-corrected chi connectivity index (χ4v) is 1.74. The number of morpholine rings is 1. The number of ether oxygens (including phenoxy) is 1. The van der Waals surface area contributed by atoms with Gasteiger partial charge in [-0.05, 0) is 6.07 Å². The Morgan fingerprint density at radius 2 is 2.37 bits per heavy atom. The molecule has 3 rings (SSSR count). The summed E-state index contributed by atoms with van der Waals surface area (Å²) in [5.41, 5.74) is 0. The Labute approximate surface area is 106 Å². The van der Waals surface area contributed by atoms with E-state index in [-0.39, 0.29) is 23.6 Å². The van der Waals surface area contributed by atoms with Crippen LogP contribution in [-0.2, 0) is 4.74 Å². The Balaban J connectivity index is 1.81. The molecule has 1 saturated heterocycles. The summed E-state index contributed by atoms with van der Waals surface area (Å²) in [5.74, 6) is 0.276. The third kappa shape index (κ3) is 2.33. The monoisotopic (exact) mass is 266 g/mol. The molecule has 1 unspecified atom stereocenters. The van der Waals surface area contributed by atoms with Gasteiger partial charge < -0.3 is 19.0 Å². The molecule has 1 atom stereocenters. The van der Waals surface area contributed by atoms with E-state index in [9.17, 15) is 10.1 Å². The van der Waals surface area contributed by atoms with E-state index in [0.29, 0.717) is 19.0 Å². The van der Waals surface area contributed by atoms with Crippen molar-refractivity contribution < 1.29 is 18.6 Å². The van der Waals surface area contributed by atoms with E-state index in [1.807, 2.05) is 0 Å². The molecule has 9 nitrogen and oxygen atoms in total. The predicted molar refractivity (Wildman–Crippen MR) is 60.2 cm³/mol. The van der Waals surface area contributed by atoms with Crippen LogP contribution in [0.2, 0.25) is 0 Å². The highest BCUT2D eigenvalue weighted by molar-refractivity contribution is 5.46. The molecular formula is C10H10N4O5. The topological polar surface area (TPSA) is 116 Å². The molecule has 0 radical (unpaired) electrons. The lowest BCUT2D eigenvalue weighted by Crippen LogP contribution is -2.33. The Hall–Kier alpha value is -2.26. The average molecular weight is 266 g/mol. The second-order valence-electron chi connectivity index (χ2n) is 3.92. The zero-order valence-electron chi connectivity index (χ0n) is 9.74. The standard InChI is InChI=1S/C10H10N4O5/c15-14(16)8-2-1-6(18-8)10-12-9(13-19-10)7-5-11-3-4-17-7/h1-2,7,11H,3-5H2. The summed E-state index contributed by atoms with van der Waals surface area (Å²) < 4.78 is 15.5. The molecule has 9 heteroatoms. The number of nitrogens with zero attached hydrogens (tertiary/aromatic N) is 3. The third-order valence-electron chi connectivity index (χ3n) is 2.64. The Kier molecular flexibility index (Phi) is 2.97. The molecule has 1 N–H and O–H groups in total. The number of hydrogen-bond acceptors (Lipinski definition) is 8. The van der Waals surface area contributed by atoms with Crippen molar-refractivity contribution in [1.29, 1.82) is 0 Å². The van der Waals surface area contributed by atoms with E-state index in [4.69, 9.17) is 13.7 Å². The lowest BCUT2D eigenvalue weighted by atomic mass is 10.3. The van der Waals surface area contributed by atoms with Gasteiger partial charge in [0, 0.05) is 13.1 Å². The van der Waals surface area contributed by atoms with Crippen molar-refractivity contribution in [3.8, 4) is 11.7 Å². The number of aromatic nitrogens is 2. The van der Waals surface area contributed by atoms with Crippen LogP contribution >= 0.6 is 0 Å². The highest BCUT2D eigenvalue weighted by Crippen LogP contribution is 2.26. The molecule has 0 aromatic carbocycles. The van der Waals surface area contributed by atoms with Gasteiger partial charge in [-0.3, -0.25) is 10.1 Å². The van der Waals surface area contributed by atoms with Crippen molar-refractivity contribution in [2.45, 2.75) is 6.10 Å². The summed E-state index contributed by atoms with van der Waals surface area (Å²) in [5, 5.41) is 17.4. The Morgan fingerprint density at radius 1 is 1.47 bits per heavy atom. The highest BCUT2D eigenvalue weighted by atomic mass is 16.6. The van der Waals surface area contributed by atoms with Gasteiger partial charge in [0.1, 0.15) is 11.0 Å². The van der Waals surface area contributed by atoms with Crippen molar-refractivity contribution in [2.75, 3.05) is 19.7 Å². The van der Waals surface area contributed by atoms with Crippen LogP contribution in [0.5, 0.6) is 0 Å². The van der Waals surface area contributed by atoms with Crippen LogP contribution in [0, 0.1) is 10.1 Å². The third-order valence-corrected chi connectivity index (χ3v) is 2.64. The number of furan rings is 1. The van der Waals surface area contributed by atoms with Crippen LogP contribution in [0.3, 0.4) is 0 Å². The number of rotatable bonds is 3. The van der Waals surface area contributed by atoms with Crippen LogP contribution in [0.4, 0.5) is 5.88 Å². The fraction of sp³-hybridized carbons (Fsp3) is 0.400. The van der Waals surface area contributed by atoms with Crippen LogP contribution < -0.4 is 5.32 Å². The van der Waals surface area contributed by atoms with Crippen LogP contribution in [0.15, 0.2) is 21.1 Å². The van der Waals surface area contributed by atoms with Gasteiger partial charge in [-0.2, -0.15) is 4.98 Å². The molecule has 100 valence electrons. The van der Waals surface area contributed by atoms with Crippen molar-refractivity contribution >= 4 is 5.88 Å². The van der Waals surface area contributed by atoms with Gasteiger partial charge >= 0.3 is 5.88 Å². The number of nitro groups is 1. The number of nitrogens with one attached hydrogen (secondary N) is 1. The predicted octanol–water partition coefficient (Wildman–Crippen LogP) is 0.899. The van der Waals surface area contributed by atoms with Crippen molar-refractivity contribution in [2.24, 2.45) is 0 Å². The number of hydrogen-bond donors (Lipinski definition) is 1. The molecule has 2 aromatic heterocycles. The molecule has 0 aliphatic carbocycles. The second-order valence-corrected chi connectivity index (χ2v) is 3.92. The largest absolute Gasteiger partial charge is 0.433 e. The zero-order valence-corrected chi connectivity index (χ0v) is 9.74. The van der Waals surface area contributed by atoms with E-state index >= 15 is 0 Å². The van der Waals surface area contributed by atoms with Crippen LogP contribution in [0.1, 0.15) is 11.9 Å². The minimum atomic E-state index is -0.630. The summed E-state index contributed by atoms with van der Waals surface area (Å²) >= 11 is 0. The van der Waals surface area contributed by atoms with Gasteiger partial charge in [0.05, 0.1) is 12.7 Å². The summed E-state index contributed by atoms with van der Waals surface area (Å²) in [6.07, 6.45) is -0.281. The molecule has 3 heterocycles. The SMILES string of the molecule is O=[N+]([O-])c1ccc(-c2nc(C3CNCCO3)no2)o1. The summed E-state index contributed by atoms with van der Waals surface area (Å²) in [6.45, 7) is 1.95. The van der Waals surface area contributed by atoms with Crippen LogP contribution in [-0.4, -0.2) is 34.8 Å². The molecule has 0 spiro atoms. The quantitative estimate of drug-likeness (QED) is 0.643. The lowest BCUT2D eigenvalue weighted by molar-refractivity contribution is -0.401. The van der Waals surface area contributed by atoms with Gasteiger partial charge in [0.2, 0.25) is 5.82 Å². The molecule has 19 heavy (non-hydrogen) atoms. The van der Waals surface area contributed by atoms with Gasteiger partial charge in [-0.1, -0.05) is 5.16 Å². The summed E-state index contributed by atoms with van der Waals surface area (Å²) in [7, 11) is 0. The normalized spacial score (nSPS) is 19.5. The average Bonchev–Trinajstić information content (AvgIpc) is 3.09. The van der Waals surface area contributed by atoms with E-state index in [1.54, 1.807) is 0 Å². The first-order valence-corrected chi connectivity index (χ1v) is 5.64. The first-order chi connectivity index (χ1) is 9.24. The first kappa shape index (κ1) is 11.8. The van der Waals surface area contributed by atoms with E-state index < -0.39 is 4.92 Å². The minimum Gasteiger partial charge on any atom is -0.395 e. The second kappa shape index (κ2) is 4.78. The van der Waals surface area contributed by atoms with Crippen molar-refractivity contribution in [3.05, 3.63) is 28.1 Å². The van der Waals surface area contributed by atoms with Gasteiger partial charge in [-0.25, -0.2) is 0 Å². The van der Waals surface area contributed by atoms with Crippen molar-refractivity contribution in [3.63, 3.8) is 0 Å². The Bertz CT molecular complexity index is 586. The van der Waals surface area contributed by atoms with E-state index in [0.717, 1.165) is 6.54 Å². The molecule has 1 aliphatic rings. The fourth-order valence-electron chi connectivity index (χ4n) is 1.74. The molecule has 0 saturated carbocycles. The van der Waals surface area contributed by atoms with Gasteiger partial charge in [-0.15, -0.1) is 0 Å². The molecule has 1 fully saturated rings. The summed E-state index contributed by atoms with van der Waals surface area (Å²) in [4.78, 5) is 14.0. The smallest absolute Gasteiger partial charge is 0.395 e. The summed E-state index contributed by atoms with van der Waals surface area (Å²) in [6, 6.07) is 2.65. The van der Waals surface area contributed by atoms with Gasteiger partial charge in [0.25, 0.3) is 5.89 Å². The zero-order chi connectivity index (χ0) is 13.2. The molecule has 0 bridgehead atoms. The maximum absolute atomic E-state index is 10.5. The van der Waals surface area contributed by atoms with Crippen LogP contribution in [0.25, 0.3) is 11.7 Å². The van der Waals surface area contributed by atoms with E-state index in [1.165, 1.54) is 12.1 Å². The van der Waals surface area contributed by atoms with E-state index in [2.05, 4.69) is 15.5 Å². The minimum absolute atomic E-state index is 0.0947. The highest BCUT2D eigenvalue weighted by Gasteiger charge is 2.24. The maximum atomic E-state index is 10.5. The lowest BCUT2D eigenvalue weighted by Gasteiger charge is -2.20. The first-order valence-electron chi connectivity index (χ1n) is 5.64. The molecule has 1 aliphatic heterocycles. The Morgan fingerprint density at radius 3 is 3.05 bits per heavy atom. The maximum Gasteiger partial charge on any atom is 0.433 e. The molecular weight excluding hydrogens is 256 g/mol.